The SMILES string of the molecule is Cc1nc2c(C)cccc2nc1OCc1ccc2ccccc2n1. The second-order valence-electron chi connectivity index (χ2n) is 5.84. The summed E-state index contributed by atoms with van der Waals surface area (Å²) in [5.74, 6) is 0.558. The number of aryl methyl sites for hydroxylation is 2. The van der Waals surface area contributed by atoms with Crippen molar-refractivity contribution in [1.82, 2.24) is 15.0 Å². The first-order valence-electron chi connectivity index (χ1n) is 7.92. The van der Waals surface area contributed by atoms with Crippen LogP contribution in [-0.2, 0) is 6.61 Å². The maximum absolute atomic E-state index is 5.88. The van der Waals surface area contributed by atoms with Gasteiger partial charge in [-0.15, -0.1) is 0 Å². The number of nitrogens with zero attached hydrogens (tertiary/aromatic N) is 3. The Morgan fingerprint density at radius 3 is 2.54 bits per heavy atom. The van der Waals surface area contributed by atoms with Gasteiger partial charge in [-0.25, -0.2) is 15.0 Å². The average Bonchev–Trinajstić information content (AvgIpc) is 2.61. The summed E-state index contributed by atoms with van der Waals surface area (Å²) >= 11 is 0. The Bertz CT molecular complexity index is 1040. The third-order valence-electron chi connectivity index (χ3n) is 4.04. The van der Waals surface area contributed by atoms with Gasteiger partial charge in [0.1, 0.15) is 12.3 Å². The molecule has 0 aliphatic heterocycles. The van der Waals surface area contributed by atoms with Crippen LogP contribution in [0.2, 0.25) is 0 Å². The highest BCUT2D eigenvalue weighted by Crippen LogP contribution is 2.21. The summed E-state index contributed by atoms with van der Waals surface area (Å²) in [4.78, 5) is 13.9. The Balaban J connectivity index is 1.62. The Kier molecular flexibility index (Phi) is 3.58. The van der Waals surface area contributed by atoms with Gasteiger partial charge in [0.2, 0.25) is 5.88 Å². The fourth-order valence-electron chi connectivity index (χ4n) is 2.75. The zero-order valence-corrected chi connectivity index (χ0v) is 13.7. The number of pyridine rings is 1. The molecule has 0 saturated carbocycles. The lowest BCUT2D eigenvalue weighted by atomic mass is 10.2. The van der Waals surface area contributed by atoms with Gasteiger partial charge in [-0.1, -0.05) is 36.4 Å². The third-order valence-corrected chi connectivity index (χ3v) is 4.04. The minimum atomic E-state index is 0.373. The van der Waals surface area contributed by atoms with Crippen molar-refractivity contribution in [1.29, 1.82) is 0 Å². The van der Waals surface area contributed by atoms with E-state index in [1.165, 1.54) is 0 Å². The van der Waals surface area contributed by atoms with Gasteiger partial charge in [-0.3, -0.25) is 0 Å². The number of rotatable bonds is 3. The highest BCUT2D eigenvalue weighted by molar-refractivity contribution is 5.79. The summed E-state index contributed by atoms with van der Waals surface area (Å²) in [5.41, 5.74) is 5.52. The van der Waals surface area contributed by atoms with Crippen LogP contribution >= 0.6 is 0 Å². The number of hydrogen-bond donors (Lipinski definition) is 0. The number of hydrogen-bond acceptors (Lipinski definition) is 4. The zero-order valence-electron chi connectivity index (χ0n) is 13.7. The molecule has 4 aromatic rings. The van der Waals surface area contributed by atoms with E-state index in [0.717, 1.165) is 38.9 Å². The molecule has 0 atom stereocenters. The van der Waals surface area contributed by atoms with Crippen molar-refractivity contribution in [2.24, 2.45) is 0 Å². The van der Waals surface area contributed by atoms with E-state index >= 15 is 0 Å². The van der Waals surface area contributed by atoms with Gasteiger partial charge in [0.25, 0.3) is 0 Å². The van der Waals surface area contributed by atoms with Crippen molar-refractivity contribution in [3.05, 3.63) is 71.5 Å². The quantitative estimate of drug-likeness (QED) is 0.563. The molecule has 2 heterocycles. The van der Waals surface area contributed by atoms with Gasteiger partial charge in [0, 0.05) is 5.39 Å². The largest absolute Gasteiger partial charge is 0.470 e. The molecule has 0 radical (unpaired) electrons. The highest BCUT2D eigenvalue weighted by Gasteiger charge is 2.08. The molecule has 0 N–H and O–H groups in total. The van der Waals surface area contributed by atoms with E-state index in [4.69, 9.17) is 4.74 Å². The second-order valence-corrected chi connectivity index (χ2v) is 5.84. The molecule has 2 aromatic carbocycles. The van der Waals surface area contributed by atoms with Gasteiger partial charge in [0.05, 0.1) is 22.2 Å². The fraction of sp³-hybridized carbons (Fsp3) is 0.150. The topological polar surface area (TPSA) is 47.9 Å². The highest BCUT2D eigenvalue weighted by atomic mass is 16.5. The van der Waals surface area contributed by atoms with E-state index in [9.17, 15) is 0 Å². The predicted molar refractivity (Wildman–Crippen MR) is 95.1 cm³/mol. The zero-order chi connectivity index (χ0) is 16.5. The third kappa shape index (κ3) is 2.67. The van der Waals surface area contributed by atoms with Gasteiger partial charge in [-0.2, -0.15) is 0 Å². The molecule has 2 aromatic heterocycles. The van der Waals surface area contributed by atoms with E-state index in [1.807, 2.05) is 62.4 Å². The van der Waals surface area contributed by atoms with Gasteiger partial charge in [-0.05, 0) is 37.6 Å². The molecule has 0 amide bonds. The minimum Gasteiger partial charge on any atom is -0.470 e. The molecule has 0 saturated heterocycles. The van der Waals surface area contributed by atoms with Crippen LogP contribution in [0.15, 0.2) is 54.6 Å². The van der Waals surface area contributed by atoms with Crippen molar-refractivity contribution in [3.63, 3.8) is 0 Å². The minimum absolute atomic E-state index is 0.373. The van der Waals surface area contributed by atoms with Crippen LogP contribution < -0.4 is 4.74 Å². The smallest absolute Gasteiger partial charge is 0.236 e. The van der Waals surface area contributed by atoms with Crippen molar-refractivity contribution in [2.75, 3.05) is 0 Å². The van der Waals surface area contributed by atoms with Crippen molar-refractivity contribution < 1.29 is 4.74 Å². The second kappa shape index (κ2) is 5.89. The monoisotopic (exact) mass is 315 g/mol. The number of aromatic nitrogens is 3. The normalized spacial score (nSPS) is 11.1. The maximum Gasteiger partial charge on any atom is 0.236 e. The van der Waals surface area contributed by atoms with Crippen LogP contribution in [-0.4, -0.2) is 15.0 Å². The van der Waals surface area contributed by atoms with E-state index in [0.29, 0.717) is 12.5 Å². The van der Waals surface area contributed by atoms with Gasteiger partial charge >= 0.3 is 0 Å². The predicted octanol–water partition coefficient (Wildman–Crippen LogP) is 4.37. The first kappa shape index (κ1) is 14.6. The molecule has 4 heteroatoms. The van der Waals surface area contributed by atoms with Crippen molar-refractivity contribution in [3.8, 4) is 5.88 Å². The summed E-state index contributed by atoms with van der Waals surface area (Å²) in [7, 11) is 0. The molecule has 24 heavy (non-hydrogen) atoms. The van der Waals surface area contributed by atoms with Crippen molar-refractivity contribution >= 4 is 21.9 Å². The lowest BCUT2D eigenvalue weighted by molar-refractivity contribution is 0.287. The molecule has 0 unspecified atom stereocenters. The Hall–Kier alpha value is -3.01. The summed E-state index contributed by atoms with van der Waals surface area (Å²) in [6, 6.07) is 18.1. The van der Waals surface area contributed by atoms with Gasteiger partial charge in [0.15, 0.2) is 0 Å². The fourth-order valence-corrected chi connectivity index (χ4v) is 2.75. The molecule has 0 spiro atoms. The van der Waals surface area contributed by atoms with E-state index in [-0.39, 0.29) is 0 Å². The molecule has 0 aliphatic rings. The molecule has 0 bridgehead atoms. The number of benzene rings is 2. The first-order valence-corrected chi connectivity index (χ1v) is 7.92. The first-order chi connectivity index (χ1) is 11.7. The summed E-state index contributed by atoms with van der Waals surface area (Å²) in [6.07, 6.45) is 0. The van der Waals surface area contributed by atoms with Crippen LogP contribution in [0.3, 0.4) is 0 Å². The maximum atomic E-state index is 5.88. The number of para-hydroxylation sites is 2. The molecule has 0 aliphatic carbocycles. The summed E-state index contributed by atoms with van der Waals surface area (Å²) < 4.78 is 5.88. The average molecular weight is 315 g/mol. The van der Waals surface area contributed by atoms with Crippen LogP contribution in [0.5, 0.6) is 5.88 Å². The van der Waals surface area contributed by atoms with Crippen LogP contribution in [0.1, 0.15) is 17.0 Å². The Morgan fingerprint density at radius 2 is 1.62 bits per heavy atom. The Morgan fingerprint density at radius 1 is 0.792 bits per heavy atom. The molecular weight excluding hydrogens is 298 g/mol. The number of ether oxygens (including phenoxy) is 1. The molecule has 118 valence electrons. The lowest BCUT2D eigenvalue weighted by Crippen LogP contribution is -2.03. The van der Waals surface area contributed by atoms with Gasteiger partial charge < -0.3 is 4.74 Å². The van der Waals surface area contributed by atoms with Crippen LogP contribution in [0.4, 0.5) is 0 Å². The molecule has 4 rings (SSSR count). The lowest BCUT2D eigenvalue weighted by Gasteiger charge is -2.10. The molecule has 4 nitrogen and oxygen atoms in total. The van der Waals surface area contributed by atoms with Crippen LogP contribution in [0, 0.1) is 13.8 Å². The van der Waals surface area contributed by atoms with E-state index in [2.05, 4.69) is 21.0 Å². The summed E-state index contributed by atoms with van der Waals surface area (Å²) in [5, 5.41) is 1.12. The molecular formula is C20H17N3O. The van der Waals surface area contributed by atoms with E-state index in [1.54, 1.807) is 0 Å². The van der Waals surface area contributed by atoms with Crippen molar-refractivity contribution in [2.45, 2.75) is 20.5 Å². The molecule has 0 fully saturated rings. The standard InChI is InChI=1S/C20H17N3O/c1-13-6-5-9-18-19(13)21-14(2)20(23-18)24-12-16-11-10-15-7-3-4-8-17(15)22-16/h3-11H,12H2,1-2H3. The van der Waals surface area contributed by atoms with E-state index < -0.39 is 0 Å². The Labute approximate surface area is 140 Å². The number of fused-ring (bicyclic) bond motifs is 2. The summed E-state index contributed by atoms with van der Waals surface area (Å²) in [6.45, 7) is 4.33. The van der Waals surface area contributed by atoms with Crippen LogP contribution in [0.25, 0.3) is 21.9 Å².